The molecule has 0 aromatic rings. The summed E-state index contributed by atoms with van der Waals surface area (Å²) < 4.78 is 0. The van der Waals surface area contributed by atoms with Crippen LogP contribution >= 0.6 is 23.2 Å². The largest absolute Gasteiger partial charge is 0.393 e. The molecule has 1 heterocycles. The van der Waals surface area contributed by atoms with Gasteiger partial charge in [0, 0.05) is 16.7 Å². The van der Waals surface area contributed by atoms with Crippen molar-refractivity contribution in [3.8, 4) is 0 Å². The number of halogens is 2. The van der Waals surface area contributed by atoms with Gasteiger partial charge in [-0.3, -0.25) is 0 Å². The second-order valence-electron chi connectivity index (χ2n) is 4.82. The van der Waals surface area contributed by atoms with E-state index in [9.17, 15) is 5.11 Å². The summed E-state index contributed by atoms with van der Waals surface area (Å²) in [5.41, 5.74) is 0. The lowest BCUT2D eigenvalue weighted by Gasteiger charge is -2.41. The Labute approximate surface area is 101 Å². The highest BCUT2D eigenvalue weighted by Crippen LogP contribution is 2.39. The van der Waals surface area contributed by atoms with Gasteiger partial charge in [0.1, 0.15) is 0 Å². The molecule has 2 fully saturated rings. The number of piperidine rings is 1. The monoisotopic (exact) mass is 251 g/mol. The van der Waals surface area contributed by atoms with Crippen LogP contribution in [0.25, 0.3) is 0 Å². The van der Waals surface area contributed by atoms with E-state index in [4.69, 9.17) is 23.2 Å². The fourth-order valence-corrected chi connectivity index (χ4v) is 4.05. The normalized spacial score (nSPS) is 44.2. The van der Waals surface area contributed by atoms with Crippen molar-refractivity contribution in [2.45, 2.75) is 42.5 Å². The summed E-state index contributed by atoms with van der Waals surface area (Å²) in [7, 11) is 0. The van der Waals surface area contributed by atoms with Crippen molar-refractivity contribution in [2.75, 3.05) is 13.1 Å². The van der Waals surface area contributed by atoms with Gasteiger partial charge in [0.2, 0.25) is 0 Å². The minimum atomic E-state index is -0.299. The molecular formula is C11H19Cl2NO. The lowest BCUT2D eigenvalue weighted by molar-refractivity contribution is 0.0321. The van der Waals surface area contributed by atoms with Gasteiger partial charge < -0.3 is 10.4 Å². The third-order valence-electron chi connectivity index (χ3n) is 3.77. The lowest BCUT2D eigenvalue weighted by Crippen LogP contribution is -2.45. The Morgan fingerprint density at radius 2 is 1.73 bits per heavy atom. The highest BCUT2D eigenvalue weighted by atomic mass is 35.5. The van der Waals surface area contributed by atoms with E-state index in [-0.39, 0.29) is 22.8 Å². The van der Waals surface area contributed by atoms with Crippen LogP contribution in [0.1, 0.15) is 25.7 Å². The molecule has 0 bridgehead atoms. The molecular weight excluding hydrogens is 233 g/mol. The predicted octanol–water partition coefficient (Wildman–Crippen LogP) is 1.97. The lowest BCUT2D eigenvalue weighted by atomic mass is 9.74. The molecule has 2 rings (SSSR count). The number of hydrogen-bond acceptors (Lipinski definition) is 2. The van der Waals surface area contributed by atoms with Crippen molar-refractivity contribution in [1.29, 1.82) is 0 Å². The second kappa shape index (κ2) is 5.22. The van der Waals surface area contributed by atoms with Crippen LogP contribution in [0.2, 0.25) is 0 Å². The van der Waals surface area contributed by atoms with Gasteiger partial charge in [0.25, 0.3) is 0 Å². The van der Waals surface area contributed by atoms with E-state index in [1.54, 1.807) is 0 Å². The zero-order valence-electron chi connectivity index (χ0n) is 8.83. The Hall–Kier alpha value is 0.500. The zero-order chi connectivity index (χ0) is 10.8. The predicted molar refractivity (Wildman–Crippen MR) is 63.6 cm³/mol. The van der Waals surface area contributed by atoms with E-state index in [1.165, 1.54) is 0 Å². The SMILES string of the molecule is OC1CC(Cl)CC(Cl)C1C1CCNCC1. The van der Waals surface area contributed by atoms with Crippen molar-refractivity contribution in [3.05, 3.63) is 0 Å². The molecule has 0 amide bonds. The van der Waals surface area contributed by atoms with Crippen LogP contribution in [-0.2, 0) is 0 Å². The molecule has 4 atom stereocenters. The molecule has 1 saturated carbocycles. The van der Waals surface area contributed by atoms with Crippen LogP contribution in [0.4, 0.5) is 0 Å². The third kappa shape index (κ3) is 2.79. The Bertz CT molecular complexity index is 197. The molecule has 1 saturated heterocycles. The van der Waals surface area contributed by atoms with E-state index >= 15 is 0 Å². The molecule has 2 aliphatic rings. The average Bonchev–Trinajstić information content (AvgIpc) is 2.17. The maximum Gasteiger partial charge on any atom is 0.0599 e. The summed E-state index contributed by atoms with van der Waals surface area (Å²) in [5, 5.41) is 13.5. The third-order valence-corrected chi connectivity index (χ3v) is 4.59. The minimum Gasteiger partial charge on any atom is -0.393 e. The summed E-state index contributed by atoms with van der Waals surface area (Å²) in [4.78, 5) is 0. The van der Waals surface area contributed by atoms with Gasteiger partial charge in [-0.25, -0.2) is 0 Å². The fourth-order valence-electron chi connectivity index (χ4n) is 3.00. The molecule has 4 unspecified atom stereocenters. The number of nitrogens with one attached hydrogen (secondary N) is 1. The fraction of sp³-hybridized carbons (Fsp3) is 1.00. The summed E-state index contributed by atoms with van der Waals surface area (Å²) in [6.45, 7) is 2.11. The first kappa shape index (κ1) is 12.0. The molecule has 0 aromatic carbocycles. The summed E-state index contributed by atoms with van der Waals surface area (Å²) in [6.07, 6.45) is 3.52. The quantitative estimate of drug-likeness (QED) is 0.699. The van der Waals surface area contributed by atoms with Gasteiger partial charge in [-0.05, 0) is 44.7 Å². The number of alkyl halides is 2. The van der Waals surface area contributed by atoms with Crippen LogP contribution in [-0.4, -0.2) is 35.1 Å². The highest BCUT2D eigenvalue weighted by molar-refractivity contribution is 6.24. The first-order chi connectivity index (χ1) is 7.18. The van der Waals surface area contributed by atoms with Crippen molar-refractivity contribution in [3.63, 3.8) is 0 Å². The standard InChI is InChI=1S/C11H19Cl2NO/c12-8-5-9(13)11(10(15)6-8)7-1-3-14-4-2-7/h7-11,14-15H,1-6H2. The molecule has 1 aliphatic carbocycles. The molecule has 2 nitrogen and oxygen atoms in total. The molecule has 1 aliphatic heterocycles. The summed E-state index contributed by atoms with van der Waals surface area (Å²) >= 11 is 12.4. The van der Waals surface area contributed by atoms with Crippen molar-refractivity contribution >= 4 is 23.2 Å². The Balaban J connectivity index is 1.99. The molecule has 15 heavy (non-hydrogen) atoms. The Kier molecular flexibility index (Phi) is 4.17. The second-order valence-corrected chi connectivity index (χ2v) is 5.99. The Morgan fingerprint density at radius 3 is 2.33 bits per heavy atom. The number of hydrogen-bond donors (Lipinski definition) is 2. The minimum absolute atomic E-state index is 0.0550. The molecule has 2 N–H and O–H groups in total. The van der Waals surface area contributed by atoms with Crippen LogP contribution in [0.15, 0.2) is 0 Å². The van der Waals surface area contributed by atoms with Crippen LogP contribution in [0.3, 0.4) is 0 Å². The number of aliphatic hydroxyl groups is 1. The highest BCUT2D eigenvalue weighted by Gasteiger charge is 2.40. The molecule has 4 heteroatoms. The van der Waals surface area contributed by atoms with Gasteiger partial charge in [-0.1, -0.05) is 0 Å². The summed E-state index contributed by atoms with van der Waals surface area (Å²) in [5.74, 6) is 0.830. The number of rotatable bonds is 1. The van der Waals surface area contributed by atoms with Crippen molar-refractivity contribution in [1.82, 2.24) is 5.32 Å². The van der Waals surface area contributed by atoms with E-state index in [0.29, 0.717) is 12.3 Å². The zero-order valence-corrected chi connectivity index (χ0v) is 10.3. The maximum absolute atomic E-state index is 10.1. The topological polar surface area (TPSA) is 32.3 Å². The van der Waals surface area contributed by atoms with Crippen molar-refractivity contribution in [2.24, 2.45) is 11.8 Å². The van der Waals surface area contributed by atoms with Crippen LogP contribution in [0.5, 0.6) is 0 Å². The Morgan fingerprint density at radius 1 is 1.07 bits per heavy atom. The van der Waals surface area contributed by atoms with E-state index in [1.807, 2.05) is 0 Å². The molecule has 88 valence electrons. The van der Waals surface area contributed by atoms with Gasteiger partial charge >= 0.3 is 0 Å². The smallest absolute Gasteiger partial charge is 0.0599 e. The van der Waals surface area contributed by atoms with Gasteiger partial charge in [-0.15, -0.1) is 23.2 Å². The molecule has 0 radical (unpaired) electrons. The first-order valence-corrected chi connectivity index (χ1v) is 6.72. The molecule has 0 aromatic heterocycles. The van der Waals surface area contributed by atoms with E-state index in [0.717, 1.165) is 32.4 Å². The van der Waals surface area contributed by atoms with E-state index in [2.05, 4.69) is 5.32 Å². The van der Waals surface area contributed by atoms with Gasteiger partial charge in [-0.2, -0.15) is 0 Å². The number of aliphatic hydroxyl groups excluding tert-OH is 1. The maximum atomic E-state index is 10.1. The van der Waals surface area contributed by atoms with E-state index < -0.39 is 0 Å². The average molecular weight is 252 g/mol. The van der Waals surface area contributed by atoms with Crippen LogP contribution in [0, 0.1) is 11.8 Å². The molecule has 0 spiro atoms. The van der Waals surface area contributed by atoms with Crippen molar-refractivity contribution < 1.29 is 5.11 Å². The van der Waals surface area contributed by atoms with Gasteiger partial charge in [0.15, 0.2) is 0 Å². The first-order valence-electron chi connectivity index (χ1n) is 5.85. The van der Waals surface area contributed by atoms with Crippen LogP contribution < -0.4 is 5.32 Å². The van der Waals surface area contributed by atoms with Gasteiger partial charge in [0.05, 0.1) is 6.10 Å². The summed E-state index contributed by atoms with van der Waals surface area (Å²) in [6, 6.07) is 0.